The fourth-order valence-corrected chi connectivity index (χ4v) is 1.86. The Morgan fingerprint density at radius 3 is 2.33 bits per heavy atom. The van der Waals surface area contributed by atoms with E-state index in [2.05, 4.69) is 0 Å². The molecule has 0 bridgehead atoms. The van der Waals surface area contributed by atoms with E-state index in [4.69, 9.17) is 11.6 Å². The normalized spacial score (nSPS) is 12.4. The maximum Gasteiger partial charge on any atom is 0.127 e. The maximum atomic E-state index is 13.5. The van der Waals surface area contributed by atoms with Crippen LogP contribution in [-0.4, -0.2) is 5.11 Å². The number of rotatable bonds is 3. The van der Waals surface area contributed by atoms with Crippen molar-refractivity contribution in [2.24, 2.45) is 0 Å². The standard InChI is InChI=1S/C14H11ClF2O/c15-11-4-1-10(13(17)8-11)7-14(18)9-2-5-12(16)6-3-9/h1-6,8,14,18H,7H2. The molecular formula is C14H11ClF2O. The molecule has 94 valence electrons. The lowest BCUT2D eigenvalue weighted by Gasteiger charge is -2.11. The lowest BCUT2D eigenvalue weighted by Crippen LogP contribution is -2.03. The smallest absolute Gasteiger partial charge is 0.127 e. The average Bonchev–Trinajstić information content (AvgIpc) is 2.33. The lowest BCUT2D eigenvalue weighted by atomic mass is 10.0. The Labute approximate surface area is 109 Å². The van der Waals surface area contributed by atoms with Crippen molar-refractivity contribution in [3.05, 3.63) is 70.2 Å². The van der Waals surface area contributed by atoms with Crippen molar-refractivity contribution in [2.75, 3.05) is 0 Å². The van der Waals surface area contributed by atoms with E-state index in [1.54, 1.807) is 6.07 Å². The van der Waals surface area contributed by atoms with Crippen LogP contribution in [0.25, 0.3) is 0 Å². The number of halogens is 3. The summed E-state index contributed by atoms with van der Waals surface area (Å²) in [4.78, 5) is 0. The lowest BCUT2D eigenvalue weighted by molar-refractivity contribution is 0.177. The molecule has 0 spiro atoms. The summed E-state index contributed by atoms with van der Waals surface area (Å²) in [5, 5.41) is 10.2. The van der Waals surface area contributed by atoms with Gasteiger partial charge in [-0.1, -0.05) is 29.8 Å². The molecule has 18 heavy (non-hydrogen) atoms. The van der Waals surface area contributed by atoms with Crippen LogP contribution in [0.15, 0.2) is 42.5 Å². The van der Waals surface area contributed by atoms with E-state index < -0.39 is 11.9 Å². The third kappa shape index (κ3) is 3.06. The molecule has 0 aliphatic rings. The van der Waals surface area contributed by atoms with E-state index in [-0.39, 0.29) is 12.2 Å². The van der Waals surface area contributed by atoms with E-state index in [1.165, 1.54) is 36.4 Å². The first kappa shape index (κ1) is 13.0. The zero-order chi connectivity index (χ0) is 13.1. The van der Waals surface area contributed by atoms with Gasteiger partial charge in [0.05, 0.1) is 6.10 Å². The molecule has 0 saturated carbocycles. The number of benzene rings is 2. The third-order valence-electron chi connectivity index (χ3n) is 2.68. The Kier molecular flexibility index (Phi) is 3.94. The van der Waals surface area contributed by atoms with Gasteiger partial charge in [0.2, 0.25) is 0 Å². The highest BCUT2D eigenvalue weighted by atomic mass is 35.5. The number of aliphatic hydroxyl groups is 1. The van der Waals surface area contributed by atoms with Gasteiger partial charge in [0.15, 0.2) is 0 Å². The Morgan fingerprint density at radius 1 is 1.06 bits per heavy atom. The molecule has 0 aliphatic carbocycles. The van der Waals surface area contributed by atoms with Crippen LogP contribution >= 0.6 is 11.6 Å². The first-order valence-electron chi connectivity index (χ1n) is 5.44. The highest BCUT2D eigenvalue weighted by molar-refractivity contribution is 6.30. The molecule has 1 N–H and O–H groups in total. The van der Waals surface area contributed by atoms with Crippen LogP contribution in [0.2, 0.25) is 5.02 Å². The molecule has 0 fully saturated rings. The van der Waals surface area contributed by atoms with Gasteiger partial charge in [-0.15, -0.1) is 0 Å². The summed E-state index contributed by atoms with van der Waals surface area (Å²) in [6, 6.07) is 9.78. The van der Waals surface area contributed by atoms with Crippen molar-refractivity contribution in [1.82, 2.24) is 0 Å². The second kappa shape index (κ2) is 5.46. The van der Waals surface area contributed by atoms with E-state index in [0.29, 0.717) is 16.1 Å². The van der Waals surface area contributed by atoms with Crippen LogP contribution in [0.4, 0.5) is 8.78 Å². The van der Waals surface area contributed by atoms with Gasteiger partial charge in [-0.2, -0.15) is 0 Å². The molecule has 4 heteroatoms. The van der Waals surface area contributed by atoms with Crippen LogP contribution < -0.4 is 0 Å². The van der Waals surface area contributed by atoms with Gasteiger partial charge in [-0.05, 0) is 35.4 Å². The van der Waals surface area contributed by atoms with E-state index in [0.717, 1.165) is 0 Å². The minimum absolute atomic E-state index is 0.120. The molecule has 0 radical (unpaired) electrons. The van der Waals surface area contributed by atoms with Crippen LogP contribution in [0.3, 0.4) is 0 Å². The first-order chi connectivity index (χ1) is 8.56. The van der Waals surface area contributed by atoms with Gasteiger partial charge in [-0.3, -0.25) is 0 Å². The topological polar surface area (TPSA) is 20.2 Å². The minimum Gasteiger partial charge on any atom is -0.388 e. The number of hydrogen-bond acceptors (Lipinski definition) is 1. The summed E-state index contributed by atoms with van der Waals surface area (Å²) in [7, 11) is 0. The molecule has 0 aromatic heterocycles. The molecule has 0 amide bonds. The maximum absolute atomic E-state index is 13.5. The van der Waals surface area contributed by atoms with Gasteiger partial charge in [0, 0.05) is 11.4 Å². The van der Waals surface area contributed by atoms with Crippen molar-refractivity contribution in [1.29, 1.82) is 0 Å². The molecule has 2 aromatic rings. The van der Waals surface area contributed by atoms with Crippen LogP contribution in [0.1, 0.15) is 17.2 Å². The fourth-order valence-electron chi connectivity index (χ4n) is 1.70. The van der Waals surface area contributed by atoms with Crippen LogP contribution in [-0.2, 0) is 6.42 Å². The first-order valence-corrected chi connectivity index (χ1v) is 5.81. The molecule has 1 nitrogen and oxygen atoms in total. The highest BCUT2D eigenvalue weighted by Gasteiger charge is 2.12. The summed E-state index contributed by atoms with van der Waals surface area (Å²) in [5.41, 5.74) is 0.918. The molecule has 0 saturated heterocycles. The average molecular weight is 269 g/mol. The molecule has 2 aromatic carbocycles. The zero-order valence-electron chi connectivity index (χ0n) is 9.41. The summed E-state index contributed by atoms with van der Waals surface area (Å²) in [6.07, 6.45) is -0.754. The predicted molar refractivity (Wildman–Crippen MR) is 66.5 cm³/mol. The quantitative estimate of drug-likeness (QED) is 0.895. The van der Waals surface area contributed by atoms with E-state index in [1.807, 2.05) is 0 Å². The monoisotopic (exact) mass is 268 g/mol. The summed E-state index contributed by atoms with van der Waals surface area (Å²) in [6.45, 7) is 0. The van der Waals surface area contributed by atoms with E-state index >= 15 is 0 Å². The fraction of sp³-hybridized carbons (Fsp3) is 0.143. The van der Waals surface area contributed by atoms with Gasteiger partial charge in [0.25, 0.3) is 0 Å². The summed E-state index contributed by atoms with van der Waals surface area (Å²) >= 11 is 5.64. The highest BCUT2D eigenvalue weighted by Crippen LogP contribution is 2.22. The van der Waals surface area contributed by atoms with Crippen molar-refractivity contribution >= 4 is 11.6 Å². The van der Waals surface area contributed by atoms with E-state index in [9.17, 15) is 13.9 Å². The Morgan fingerprint density at radius 2 is 1.72 bits per heavy atom. The summed E-state index contributed by atoms with van der Waals surface area (Å²) < 4.78 is 26.3. The zero-order valence-corrected chi connectivity index (χ0v) is 10.2. The molecule has 2 rings (SSSR count). The van der Waals surface area contributed by atoms with Gasteiger partial charge >= 0.3 is 0 Å². The molecular weight excluding hydrogens is 258 g/mol. The summed E-state index contributed by atoms with van der Waals surface area (Å²) in [5.74, 6) is -0.827. The third-order valence-corrected chi connectivity index (χ3v) is 2.92. The molecule has 0 aliphatic heterocycles. The predicted octanol–water partition coefficient (Wildman–Crippen LogP) is 3.89. The Hall–Kier alpha value is -1.45. The van der Waals surface area contributed by atoms with Crippen molar-refractivity contribution < 1.29 is 13.9 Å². The number of aliphatic hydroxyl groups excluding tert-OH is 1. The van der Waals surface area contributed by atoms with Crippen LogP contribution in [0, 0.1) is 11.6 Å². The molecule has 0 heterocycles. The Bertz CT molecular complexity index is 540. The second-order valence-electron chi connectivity index (χ2n) is 4.01. The Balaban J connectivity index is 2.15. The van der Waals surface area contributed by atoms with Gasteiger partial charge < -0.3 is 5.11 Å². The van der Waals surface area contributed by atoms with Gasteiger partial charge in [0.1, 0.15) is 11.6 Å². The van der Waals surface area contributed by atoms with Crippen molar-refractivity contribution in [3.63, 3.8) is 0 Å². The van der Waals surface area contributed by atoms with Crippen molar-refractivity contribution in [3.8, 4) is 0 Å². The van der Waals surface area contributed by atoms with Gasteiger partial charge in [-0.25, -0.2) is 8.78 Å². The van der Waals surface area contributed by atoms with Crippen LogP contribution in [0.5, 0.6) is 0 Å². The van der Waals surface area contributed by atoms with Crippen molar-refractivity contribution in [2.45, 2.75) is 12.5 Å². The SMILES string of the molecule is OC(Cc1ccc(Cl)cc1F)c1ccc(F)cc1. The second-order valence-corrected chi connectivity index (χ2v) is 4.44. The largest absolute Gasteiger partial charge is 0.388 e. The number of hydrogen-bond donors (Lipinski definition) is 1. The molecule has 1 unspecified atom stereocenters. The molecule has 1 atom stereocenters. The minimum atomic E-state index is -0.874.